The van der Waals surface area contributed by atoms with E-state index in [0.717, 1.165) is 55.6 Å². The molecule has 4 rings (SSSR count). The molecule has 1 aromatic rings. The van der Waals surface area contributed by atoms with E-state index in [4.69, 9.17) is 18.9 Å². The van der Waals surface area contributed by atoms with Gasteiger partial charge >= 0.3 is 0 Å². The lowest BCUT2D eigenvalue weighted by molar-refractivity contribution is -0.0684. The normalized spacial score (nSPS) is 34.2. The molecule has 31 heavy (non-hydrogen) atoms. The second-order valence-electron chi connectivity index (χ2n) is 9.78. The number of benzene rings is 1. The zero-order valence-electron chi connectivity index (χ0n) is 19.2. The summed E-state index contributed by atoms with van der Waals surface area (Å²) in [5, 5.41) is 12.2. The van der Waals surface area contributed by atoms with Crippen LogP contribution in [-0.2, 0) is 9.47 Å². The second kappa shape index (κ2) is 8.61. The Labute approximate surface area is 186 Å². The maximum absolute atomic E-state index is 12.2. The molecule has 4 atom stereocenters. The lowest BCUT2D eigenvalue weighted by atomic mass is 9.59. The molecule has 1 aromatic carbocycles. The van der Waals surface area contributed by atoms with Gasteiger partial charge in [0.05, 0.1) is 25.1 Å². The summed E-state index contributed by atoms with van der Waals surface area (Å²) < 4.78 is 22.1. The fraction of sp³-hybridized carbons (Fsp3) is 0.615. The highest BCUT2D eigenvalue weighted by atomic mass is 16.7. The molecule has 0 aliphatic heterocycles. The van der Waals surface area contributed by atoms with E-state index in [-0.39, 0.29) is 23.7 Å². The predicted octanol–water partition coefficient (Wildman–Crippen LogP) is 5.24. The van der Waals surface area contributed by atoms with Gasteiger partial charge in [-0.2, -0.15) is 0 Å². The minimum Gasteiger partial charge on any atom is -0.497 e. The van der Waals surface area contributed by atoms with Gasteiger partial charge in [0, 0.05) is 12.5 Å². The van der Waals surface area contributed by atoms with Crippen molar-refractivity contribution in [1.29, 1.82) is 0 Å². The van der Waals surface area contributed by atoms with Gasteiger partial charge in [-0.25, -0.2) is 0 Å². The molecular formula is C26H36O5. The fourth-order valence-electron chi connectivity index (χ4n) is 6.34. The largest absolute Gasteiger partial charge is 0.497 e. The van der Waals surface area contributed by atoms with E-state index in [2.05, 4.69) is 26.0 Å². The molecule has 2 fully saturated rings. The summed E-state index contributed by atoms with van der Waals surface area (Å²) >= 11 is 0. The zero-order chi connectivity index (χ0) is 22.1. The Bertz CT molecular complexity index is 827. The number of fused-ring (bicyclic) bond motifs is 2. The lowest BCUT2D eigenvalue weighted by Crippen LogP contribution is -2.50. The van der Waals surface area contributed by atoms with Crippen molar-refractivity contribution in [3.05, 3.63) is 48.3 Å². The Morgan fingerprint density at radius 2 is 1.84 bits per heavy atom. The van der Waals surface area contributed by atoms with Gasteiger partial charge in [0.1, 0.15) is 18.3 Å². The van der Waals surface area contributed by atoms with Gasteiger partial charge in [-0.1, -0.05) is 19.9 Å². The van der Waals surface area contributed by atoms with Crippen molar-refractivity contribution in [3.8, 4) is 11.5 Å². The summed E-state index contributed by atoms with van der Waals surface area (Å²) in [7, 11) is 3.29. The molecule has 5 nitrogen and oxygen atoms in total. The molecule has 0 amide bonds. The number of hydrogen-bond donors (Lipinski definition) is 1. The Balaban J connectivity index is 1.61. The van der Waals surface area contributed by atoms with E-state index >= 15 is 0 Å². The summed E-state index contributed by atoms with van der Waals surface area (Å²) in [5.74, 6) is 2.05. The third-order valence-electron chi connectivity index (χ3n) is 8.21. The third-order valence-corrected chi connectivity index (χ3v) is 8.21. The molecule has 0 heterocycles. The highest BCUT2D eigenvalue weighted by Crippen LogP contribution is 2.72. The number of aliphatic hydroxyl groups is 1. The van der Waals surface area contributed by atoms with Crippen LogP contribution in [-0.4, -0.2) is 37.8 Å². The van der Waals surface area contributed by atoms with Gasteiger partial charge in [-0.3, -0.25) is 0 Å². The molecule has 1 N–H and O–H groups in total. The van der Waals surface area contributed by atoms with E-state index in [1.54, 1.807) is 20.5 Å². The van der Waals surface area contributed by atoms with Crippen molar-refractivity contribution in [2.24, 2.45) is 16.7 Å². The second-order valence-corrected chi connectivity index (χ2v) is 9.78. The van der Waals surface area contributed by atoms with Crippen LogP contribution in [0.1, 0.15) is 52.4 Å². The number of methoxy groups -OCH3 is 2. The molecule has 0 radical (unpaired) electrons. The van der Waals surface area contributed by atoms with Crippen LogP contribution in [0.3, 0.4) is 0 Å². The van der Waals surface area contributed by atoms with Crippen LogP contribution in [0.25, 0.3) is 0 Å². The smallest absolute Gasteiger partial charge is 0.147 e. The summed E-state index contributed by atoms with van der Waals surface area (Å²) in [4.78, 5) is 0. The van der Waals surface area contributed by atoms with E-state index in [1.165, 1.54) is 0 Å². The van der Waals surface area contributed by atoms with Crippen molar-refractivity contribution in [1.82, 2.24) is 0 Å². The molecule has 0 spiro atoms. The van der Waals surface area contributed by atoms with Crippen LogP contribution >= 0.6 is 0 Å². The van der Waals surface area contributed by atoms with Gasteiger partial charge in [0.25, 0.3) is 0 Å². The van der Waals surface area contributed by atoms with Crippen LogP contribution in [0.2, 0.25) is 0 Å². The Morgan fingerprint density at radius 1 is 1.10 bits per heavy atom. The number of hydrogen-bond acceptors (Lipinski definition) is 5. The van der Waals surface area contributed by atoms with Crippen molar-refractivity contribution >= 4 is 0 Å². The first kappa shape index (κ1) is 22.4. The van der Waals surface area contributed by atoms with E-state index in [9.17, 15) is 5.11 Å². The minimum absolute atomic E-state index is 0.00606. The fourth-order valence-corrected chi connectivity index (χ4v) is 6.34. The molecule has 2 bridgehead atoms. The third kappa shape index (κ3) is 3.71. The number of rotatable bonds is 8. The van der Waals surface area contributed by atoms with Gasteiger partial charge in [-0.15, -0.1) is 0 Å². The number of ether oxygens (including phenoxy) is 4. The minimum atomic E-state index is -0.867. The quantitative estimate of drug-likeness (QED) is 0.348. The van der Waals surface area contributed by atoms with Crippen LogP contribution in [0, 0.1) is 16.7 Å². The topological polar surface area (TPSA) is 57.2 Å². The first-order valence-electron chi connectivity index (χ1n) is 11.4. The Morgan fingerprint density at radius 3 is 2.52 bits per heavy atom. The van der Waals surface area contributed by atoms with Gasteiger partial charge in [0.15, 0.2) is 0 Å². The van der Waals surface area contributed by atoms with Gasteiger partial charge in [-0.05, 0) is 85.8 Å². The molecule has 2 saturated carbocycles. The SMILES string of the molecule is COCO[C@H]1C=C([C@@]2(O)C[C@H]3CC[C@@]2(/C=C/Oc2ccc(OC)cc2)C3(C)C)CCC1. The van der Waals surface area contributed by atoms with Crippen molar-refractivity contribution in [2.75, 3.05) is 21.0 Å². The summed E-state index contributed by atoms with van der Waals surface area (Å²) in [5.41, 5.74) is -0.104. The molecule has 170 valence electrons. The maximum Gasteiger partial charge on any atom is 0.147 e. The van der Waals surface area contributed by atoms with Crippen LogP contribution < -0.4 is 9.47 Å². The van der Waals surface area contributed by atoms with Crippen molar-refractivity contribution < 1.29 is 24.1 Å². The average Bonchev–Trinajstić information content (AvgIpc) is 3.12. The molecular weight excluding hydrogens is 392 g/mol. The molecule has 3 aliphatic rings. The molecule has 5 heteroatoms. The van der Waals surface area contributed by atoms with Gasteiger partial charge < -0.3 is 24.1 Å². The van der Waals surface area contributed by atoms with Crippen molar-refractivity contribution in [3.63, 3.8) is 0 Å². The highest BCUT2D eigenvalue weighted by Gasteiger charge is 2.70. The first-order valence-corrected chi connectivity index (χ1v) is 11.4. The van der Waals surface area contributed by atoms with Crippen LogP contribution in [0.15, 0.2) is 48.3 Å². The first-order chi connectivity index (χ1) is 14.9. The predicted molar refractivity (Wildman–Crippen MR) is 120 cm³/mol. The molecule has 0 unspecified atom stereocenters. The highest BCUT2D eigenvalue weighted by molar-refractivity contribution is 5.38. The van der Waals surface area contributed by atoms with E-state index in [0.29, 0.717) is 5.92 Å². The molecule has 3 aliphatic carbocycles. The van der Waals surface area contributed by atoms with Crippen molar-refractivity contribution in [2.45, 2.75) is 64.1 Å². The standard InChI is InChI=1S/C26H36O5/c1-24(2)20-12-13-25(24,14-15-30-22-10-8-21(29-4)9-11-22)26(27,17-20)19-6-5-7-23(16-19)31-18-28-3/h8-11,14-16,20,23,27H,5-7,12-13,17-18H2,1-4H3/b15-14+/t20-,23-,25-,26+/m1/s1. The summed E-state index contributed by atoms with van der Waals surface area (Å²) in [6.07, 6.45) is 11.9. The molecule has 0 saturated heterocycles. The lowest BCUT2D eigenvalue weighted by Gasteiger charge is -2.48. The van der Waals surface area contributed by atoms with Gasteiger partial charge in [0.2, 0.25) is 0 Å². The van der Waals surface area contributed by atoms with Crippen LogP contribution in [0.5, 0.6) is 11.5 Å². The van der Waals surface area contributed by atoms with E-state index in [1.807, 2.05) is 24.3 Å². The van der Waals surface area contributed by atoms with Crippen LogP contribution in [0.4, 0.5) is 0 Å². The maximum atomic E-state index is 12.2. The molecule has 0 aromatic heterocycles. The average molecular weight is 429 g/mol. The zero-order valence-corrected chi connectivity index (χ0v) is 19.2. The summed E-state index contributed by atoms with van der Waals surface area (Å²) in [6, 6.07) is 7.56. The summed E-state index contributed by atoms with van der Waals surface area (Å²) in [6.45, 7) is 4.90. The Hall–Kier alpha value is -1.82. The monoisotopic (exact) mass is 428 g/mol. The Kier molecular flexibility index (Phi) is 6.21. The van der Waals surface area contributed by atoms with E-state index < -0.39 is 5.60 Å².